The van der Waals surface area contributed by atoms with Gasteiger partial charge in [0, 0.05) is 12.6 Å². The predicted octanol–water partition coefficient (Wildman–Crippen LogP) is 3.71. The molecule has 3 atom stereocenters. The van der Waals surface area contributed by atoms with Crippen LogP contribution in [-0.2, 0) is 16.0 Å². The van der Waals surface area contributed by atoms with Gasteiger partial charge >= 0.3 is 12.1 Å². The number of benzene rings is 2. The van der Waals surface area contributed by atoms with Crippen molar-refractivity contribution in [2.45, 2.75) is 38.3 Å². The third kappa shape index (κ3) is 5.03. The topological polar surface area (TPSA) is 85.3 Å². The second-order valence-electron chi connectivity index (χ2n) is 7.52. The first-order chi connectivity index (χ1) is 14.4. The van der Waals surface area contributed by atoms with Gasteiger partial charge in [-0.3, -0.25) is 0 Å². The Morgan fingerprint density at radius 2 is 1.90 bits per heavy atom. The van der Waals surface area contributed by atoms with E-state index in [0.717, 1.165) is 11.1 Å². The summed E-state index contributed by atoms with van der Waals surface area (Å²) in [6.45, 7) is 4.41. The number of rotatable bonds is 7. The molecule has 0 radical (unpaired) electrons. The van der Waals surface area contributed by atoms with Crippen molar-refractivity contribution in [3.63, 3.8) is 0 Å². The van der Waals surface area contributed by atoms with Crippen molar-refractivity contribution < 1.29 is 28.9 Å². The Balaban J connectivity index is 1.67. The molecule has 2 aromatic rings. The number of carbonyl (C=O) groups is 2. The number of hydrogen-bond acceptors (Lipinski definition) is 5. The summed E-state index contributed by atoms with van der Waals surface area (Å²) in [6.07, 6.45) is -1.19. The van der Waals surface area contributed by atoms with Crippen LogP contribution in [0.1, 0.15) is 30.9 Å². The van der Waals surface area contributed by atoms with E-state index in [1.165, 1.54) is 12.0 Å². The predicted molar refractivity (Wildman–Crippen MR) is 111 cm³/mol. The largest absolute Gasteiger partial charge is 0.485 e. The second kappa shape index (κ2) is 9.52. The van der Waals surface area contributed by atoms with Crippen LogP contribution in [0.15, 0.2) is 48.5 Å². The minimum atomic E-state index is -0.941. The Morgan fingerprint density at radius 3 is 2.57 bits per heavy atom. The van der Waals surface area contributed by atoms with Gasteiger partial charge in [0.05, 0.1) is 7.11 Å². The standard InChI is InChI=1S/C23H27NO6/c1-15(18-7-5-4-6-8-18)13-24(23(26)27)16(2)11-17-9-10-19-20(12-17)29-14-21(30-19)22(25)28-3/h4-10,12,15-16,21H,11,13-14H2,1-3H3,(H,26,27)/t15-,16-,21?/m1/s1. The molecule has 0 spiro atoms. The summed E-state index contributed by atoms with van der Waals surface area (Å²) in [5.41, 5.74) is 2.04. The van der Waals surface area contributed by atoms with E-state index in [2.05, 4.69) is 4.74 Å². The number of esters is 1. The van der Waals surface area contributed by atoms with Gasteiger partial charge in [-0.05, 0) is 42.5 Å². The summed E-state index contributed by atoms with van der Waals surface area (Å²) < 4.78 is 16.0. The van der Waals surface area contributed by atoms with Gasteiger partial charge in [0.25, 0.3) is 0 Å². The van der Waals surface area contributed by atoms with Crippen LogP contribution in [0.5, 0.6) is 11.5 Å². The zero-order chi connectivity index (χ0) is 21.7. The van der Waals surface area contributed by atoms with Crippen LogP contribution in [0.25, 0.3) is 0 Å². The number of methoxy groups -OCH3 is 1. The molecule has 0 bridgehead atoms. The summed E-state index contributed by atoms with van der Waals surface area (Å²) in [6, 6.07) is 15.1. The first-order valence-electron chi connectivity index (χ1n) is 9.93. The van der Waals surface area contributed by atoms with Crippen molar-refractivity contribution in [2.75, 3.05) is 20.3 Å². The average Bonchev–Trinajstić information content (AvgIpc) is 2.76. The van der Waals surface area contributed by atoms with E-state index in [4.69, 9.17) is 9.47 Å². The molecule has 1 heterocycles. The molecule has 0 saturated carbocycles. The molecule has 3 rings (SSSR count). The van der Waals surface area contributed by atoms with E-state index >= 15 is 0 Å². The van der Waals surface area contributed by atoms with Gasteiger partial charge in [0.1, 0.15) is 6.61 Å². The molecule has 2 aromatic carbocycles. The number of hydrogen-bond donors (Lipinski definition) is 1. The quantitative estimate of drug-likeness (QED) is 0.697. The van der Waals surface area contributed by atoms with Crippen LogP contribution in [0.2, 0.25) is 0 Å². The molecule has 0 saturated heterocycles. The Kier molecular flexibility index (Phi) is 6.82. The smallest absolute Gasteiger partial charge is 0.407 e. The van der Waals surface area contributed by atoms with Gasteiger partial charge in [-0.2, -0.15) is 0 Å². The minimum absolute atomic E-state index is 0.0779. The van der Waals surface area contributed by atoms with Crippen molar-refractivity contribution in [2.24, 2.45) is 0 Å². The van der Waals surface area contributed by atoms with Crippen LogP contribution in [0.4, 0.5) is 4.79 Å². The van der Waals surface area contributed by atoms with E-state index in [-0.39, 0.29) is 18.6 Å². The number of ether oxygens (including phenoxy) is 3. The normalized spacial score (nSPS) is 17.0. The molecule has 0 aromatic heterocycles. The Bertz CT molecular complexity index is 885. The summed E-state index contributed by atoms with van der Waals surface area (Å²) in [5.74, 6) is 0.614. The lowest BCUT2D eigenvalue weighted by Gasteiger charge is -2.30. The highest BCUT2D eigenvalue weighted by Crippen LogP contribution is 2.33. The summed E-state index contributed by atoms with van der Waals surface area (Å²) >= 11 is 0. The van der Waals surface area contributed by atoms with Crippen LogP contribution in [0.3, 0.4) is 0 Å². The minimum Gasteiger partial charge on any atom is -0.485 e. The lowest BCUT2D eigenvalue weighted by atomic mass is 9.99. The van der Waals surface area contributed by atoms with Gasteiger partial charge in [0.15, 0.2) is 11.5 Å². The molecule has 1 aliphatic heterocycles. The SMILES string of the molecule is COC(=O)C1COc2cc(C[C@@H](C)N(C[C@@H](C)c3ccccc3)C(=O)O)ccc2O1. The molecule has 0 fully saturated rings. The molecule has 0 aliphatic carbocycles. The van der Waals surface area contributed by atoms with E-state index < -0.39 is 18.2 Å². The zero-order valence-electron chi connectivity index (χ0n) is 17.4. The average molecular weight is 413 g/mol. The lowest BCUT2D eigenvalue weighted by molar-refractivity contribution is -0.151. The molecule has 7 heteroatoms. The highest BCUT2D eigenvalue weighted by atomic mass is 16.6. The van der Waals surface area contributed by atoms with Crippen molar-refractivity contribution in [3.05, 3.63) is 59.7 Å². The van der Waals surface area contributed by atoms with Gasteiger partial charge in [-0.15, -0.1) is 0 Å². The number of amides is 1. The summed E-state index contributed by atoms with van der Waals surface area (Å²) in [7, 11) is 1.30. The van der Waals surface area contributed by atoms with E-state index in [1.54, 1.807) is 6.07 Å². The maximum atomic E-state index is 11.9. The molecule has 160 valence electrons. The van der Waals surface area contributed by atoms with Crippen LogP contribution in [0, 0.1) is 0 Å². The Morgan fingerprint density at radius 1 is 1.17 bits per heavy atom. The molecule has 1 unspecified atom stereocenters. The fraction of sp³-hybridized carbons (Fsp3) is 0.391. The molecular weight excluding hydrogens is 386 g/mol. The van der Waals surface area contributed by atoms with E-state index in [0.29, 0.717) is 24.5 Å². The van der Waals surface area contributed by atoms with Crippen LogP contribution < -0.4 is 9.47 Å². The summed E-state index contributed by atoms with van der Waals surface area (Å²) in [4.78, 5) is 25.0. The fourth-order valence-electron chi connectivity index (χ4n) is 3.57. The highest BCUT2D eigenvalue weighted by molar-refractivity contribution is 5.75. The van der Waals surface area contributed by atoms with Crippen molar-refractivity contribution in [1.29, 1.82) is 0 Å². The highest BCUT2D eigenvalue weighted by Gasteiger charge is 2.29. The fourth-order valence-corrected chi connectivity index (χ4v) is 3.57. The van der Waals surface area contributed by atoms with Crippen molar-refractivity contribution in [1.82, 2.24) is 4.90 Å². The molecular formula is C23H27NO6. The maximum Gasteiger partial charge on any atom is 0.407 e. The third-order valence-electron chi connectivity index (χ3n) is 5.28. The number of carbonyl (C=O) groups excluding carboxylic acids is 1. The molecule has 1 amide bonds. The van der Waals surface area contributed by atoms with Gasteiger partial charge in [0.2, 0.25) is 6.10 Å². The first-order valence-corrected chi connectivity index (χ1v) is 9.93. The monoisotopic (exact) mass is 413 g/mol. The van der Waals surface area contributed by atoms with Crippen LogP contribution >= 0.6 is 0 Å². The number of fused-ring (bicyclic) bond motifs is 1. The molecule has 30 heavy (non-hydrogen) atoms. The Hall–Kier alpha value is -3.22. The molecule has 7 nitrogen and oxygen atoms in total. The van der Waals surface area contributed by atoms with Gasteiger partial charge in [-0.1, -0.05) is 43.3 Å². The van der Waals surface area contributed by atoms with E-state index in [9.17, 15) is 14.7 Å². The Labute approximate surface area is 176 Å². The van der Waals surface area contributed by atoms with Crippen molar-refractivity contribution in [3.8, 4) is 11.5 Å². The van der Waals surface area contributed by atoms with E-state index in [1.807, 2.05) is 56.3 Å². The zero-order valence-corrected chi connectivity index (χ0v) is 17.4. The van der Waals surface area contributed by atoms with Gasteiger partial charge in [-0.25, -0.2) is 9.59 Å². The molecule has 1 N–H and O–H groups in total. The van der Waals surface area contributed by atoms with Crippen LogP contribution in [-0.4, -0.2) is 54.5 Å². The maximum absolute atomic E-state index is 11.9. The lowest BCUT2D eigenvalue weighted by Crippen LogP contribution is -2.41. The second-order valence-corrected chi connectivity index (χ2v) is 7.52. The number of nitrogens with zero attached hydrogens (tertiary/aromatic N) is 1. The van der Waals surface area contributed by atoms with Crippen molar-refractivity contribution >= 4 is 12.1 Å². The first kappa shape index (κ1) is 21.5. The van der Waals surface area contributed by atoms with Gasteiger partial charge < -0.3 is 24.2 Å². The number of carboxylic acid groups (broad SMARTS) is 1. The third-order valence-corrected chi connectivity index (χ3v) is 5.28. The summed E-state index contributed by atoms with van der Waals surface area (Å²) in [5, 5.41) is 9.75. The molecule has 1 aliphatic rings.